The smallest absolute Gasteiger partial charge is 0.276 e. The fourth-order valence-electron chi connectivity index (χ4n) is 3.10. The van der Waals surface area contributed by atoms with Gasteiger partial charge in [0.15, 0.2) is 0 Å². The van der Waals surface area contributed by atoms with Crippen molar-refractivity contribution < 1.29 is 0 Å². The summed E-state index contributed by atoms with van der Waals surface area (Å²) < 4.78 is 3.65. The van der Waals surface area contributed by atoms with Crippen molar-refractivity contribution in [3.8, 4) is 5.69 Å². The zero-order chi connectivity index (χ0) is 18.7. The molecule has 3 aromatic rings. The first-order valence-electron chi connectivity index (χ1n) is 8.77. The van der Waals surface area contributed by atoms with Crippen molar-refractivity contribution in [2.45, 2.75) is 32.9 Å². The molecule has 0 fully saturated rings. The zero-order valence-electron chi connectivity index (χ0n) is 15.8. The van der Waals surface area contributed by atoms with E-state index < -0.39 is 0 Å². The average Bonchev–Trinajstić information content (AvgIpc) is 2.86. The van der Waals surface area contributed by atoms with Crippen molar-refractivity contribution in [3.05, 3.63) is 76.2 Å². The summed E-state index contributed by atoms with van der Waals surface area (Å²) in [5.74, 6) is 0. The molecule has 0 amide bonds. The molecule has 136 valence electrons. The standard InChI is InChI=1S/C20H25N5O/c1-15(12-17-13-21-10-11-22-17)23(3)14-19-16(2)24(4)25(20(19)26)18-8-6-5-7-9-18/h5-11,13,15H,12,14H2,1-4H3/t15-/m1/s1. The fourth-order valence-corrected chi connectivity index (χ4v) is 3.10. The summed E-state index contributed by atoms with van der Waals surface area (Å²) in [6, 6.07) is 9.98. The van der Waals surface area contributed by atoms with Crippen molar-refractivity contribution in [2.24, 2.45) is 7.05 Å². The number of hydrogen-bond donors (Lipinski definition) is 0. The van der Waals surface area contributed by atoms with Crippen molar-refractivity contribution in [1.29, 1.82) is 0 Å². The van der Waals surface area contributed by atoms with Crippen LogP contribution in [0.15, 0.2) is 53.7 Å². The molecule has 0 unspecified atom stereocenters. The Morgan fingerprint density at radius 1 is 1.19 bits per heavy atom. The molecule has 26 heavy (non-hydrogen) atoms. The monoisotopic (exact) mass is 351 g/mol. The van der Waals surface area contributed by atoms with E-state index in [4.69, 9.17) is 0 Å². The van der Waals surface area contributed by atoms with E-state index in [1.807, 2.05) is 56.0 Å². The van der Waals surface area contributed by atoms with E-state index in [-0.39, 0.29) is 11.6 Å². The van der Waals surface area contributed by atoms with Crippen LogP contribution in [0.25, 0.3) is 5.69 Å². The molecular formula is C20H25N5O. The number of para-hydroxylation sites is 1. The Kier molecular flexibility index (Phi) is 5.32. The highest BCUT2D eigenvalue weighted by molar-refractivity contribution is 5.33. The van der Waals surface area contributed by atoms with E-state index in [1.165, 1.54) is 0 Å². The minimum Gasteiger partial charge on any atom is -0.299 e. The highest BCUT2D eigenvalue weighted by Crippen LogP contribution is 2.13. The van der Waals surface area contributed by atoms with Gasteiger partial charge in [-0.3, -0.25) is 24.3 Å². The van der Waals surface area contributed by atoms with Crippen molar-refractivity contribution >= 4 is 0 Å². The molecule has 6 nitrogen and oxygen atoms in total. The van der Waals surface area contributed by atoms with Crippen molar-refractivity contribution in [2.75, 3.05) is 7.05 Å². The van der Waals surface area contributed by atoms with E-state index in [0.717, 1.165) is 29.1 Å². The third-order valence-electron chi connectivity index (χ3n) is 4.95. The SMILES string of the molecule is Cc1c(CN(C)[C@H](C)Cc2cnccn2)c(=O)n(-c2ccccc2)n1C. The van der Waals surface area contributed by atoms with Crippen LogP contribution < -0.4 is 5.56 Å². The van der Waals surface area contributed by atoms with E-state index in [9.17, 15) is 4.79 Å². The molecule has 0 aliphatic heterocycles. The molecule has 3 rings (SSSR count). The van der Waals surface area contributed by atoms with Gasteiger partial charge in [-0.1, -0.05) is 18.2 Å². The minimum absolute atomic E-state index is 0.0368. The van der Waals surface area contributed by atoms with Gasteiger partial charge in [0.2, 0.25) is 0 Å². The summed E-state index contributed by atoms with van der Waals surface area (Å²) in [7, 11) is 3.97. The molecule has 2 aromatic heterocycles. The second kappa shape index (κ2) is 7.66. The molecule has 0 saturated heterocycles. The Morgan fingerprint density at radius 2 is 1.92 bits per heavy atom. The highest BCUT2D eigenvalue weighted by atomic mass is 16.1. The summed E-state index contributed by atoms with van der Waals surface area (Å²) in [5, 5.41) is 0. The van der Waals surface area contributed by atoms with Gasteiger partial charge in [-0.05, 0) is 33.0 Å². The summed E-state index contributed by atoms with van der Waals surface area (Å²) >= 11 is 0. The summed E-state index contributed by atoms with van der Waals surface area (Å²) in [6.07, 6.45) is 5.97. The van der Waals surface area contributed by atoms with Crippen LogP contribution in [0.1, 0.15) is 23.9 Å². The van der Waals surface area contributed by atoms with Crippen LogP contribution in [-0.4, -0.2) is 37.3 Å². The second-order valence-corrected chi connectivity index (χ2v) is 6.71. The van der Waals surface area contributed by atoms with Crippen molar-refractivity contribution in [1.82, 2.24) is 24.2 Å². The maximum absolute atomic E-state index is 13.0. The maximum Gasteiger partial charge on any atom is 0.276 e. The maximum atomic E-state index is 13.0. The topological polar surface area (TPSA) is 56.0 Å². The van der Waals surface area contributed by atoms with Gasteiger partial charge in [0.05, 0.1) is 16.9 Å². The van der Waals surface area contributed by atoms with Crippen LogP contribution in [0.3, 0.4) is 0 Å². The van der Waals surface area contributed by atoms with Gasteiger partial charge in [0, 0.05) is 50.3 Å². The van der Waals surface area contributed by atoms with Crippen molar-refractivity contribution in [3.63, 3.8) is 0 Å². The van der Waals surface area contributed by atoms with Crippen LogP contribution >= 0.6 is 0 Å². The van der Waals surface area contributed by atoms with Gasteiger partial charge in [-0.25, -0.2) is 4.68 Å². The van der Waals surface area contributed by atoms with Gasteiger partial charge in [0.25, 0.3) is 5.56 Å². The van der Waals surface area contributed by atoms with Crippen LogP contribution in [0.5, 0.6) is 0 Å². The molecule has 6 heteroatoms. The lowest BCUT2D eigenvalue weighted by atomic mass is 10.1. The first-order valence-corrected chi connectivity index (χ1v) is 8.77. The number of likely N-dealkylation sites (N-methyl/N-ethyl adjacent to an activating group) is 1. The Bertz CT molecular complexity index is 915. The van der Waals surface area contributed by atoms with Gasteiger partial charge in [-0.15, -0.1) is 0 Å². The molecule has 0 bridgehead atoms. The Labute approximate surface area is 153 Å². The van der Waals surface area contributed by atoms with Crippen LogP contribution in [-0.2, 0) is 20.0 Å². The molecule has 1 aromatic carbocycles. The van der Waals surface area contributed by atoms with Gasteiger partial charge >= 0.3 is 0 Å². The third kappa shape index (κ3) is 3.60. The van der Waals surface area contributed by atoms with E-state index in [0.29, 0.717) is 6.54 Å². The minimum atomic E-state index is 0.0368. The number of nitrogens with zero attached hydrogens (tertiary/aromatic N) is 5. The van der Waals surface area contributed by atoms with E-state index in [2.05, 4.69) is 21.8 Å². The first kappa shape index (κ1) is 18.1. The summed E-state index contributed by atoms with van der Waals surface area (Å²) in [4.78, 5) is 23.7. The molecule has 0 N–H and O–H groups in total. The lowest BCUT2D eigenvalue weighted by Gasteiger charge is -2.23. The normalized spacial score (nSPS) is 12.5. The molecule has 2 heterocycles. The molecule has 0 radical (unpaired) electrons. The Hall–Kier alpha value is -2.73. The molecule has 1 atom stereocenters. The molecular weight excluding hydrogens is 326 g/mol. The fraction of sp³-hybridized carbons (Fsp3) is 0.350. The summed E-state index contributed by atoms with van der Waals surface area (Å²) in [5.41, 5.74) is 3.68. The quantitative estimate of drug-likeness (QED) is 0.684. The Balaban J connectivity index is 1.83. The van der Waals surface area contributed by atoms with Crippen LogP contribution in [0.4, 0.5) is 0 Å². The second-order valence-electron chi connectivity index (χ2n) is 6.71. The summed E-state index contributed by atoms with van der Waals surface area (Å²) in [6.45, 7) is 4.74. The average molecular weight is 351 g/mol. The number of hydrogen-bond acceptors (Lipinski definition) is 4. The molecule has 0 aliphatic rings. The Morgan fingerprint density at radius 3 is 2.58 bits per heavy atom. The molecule has 0 saturated carbocycles. The van der Waals surface area contributed by atoms with Gasteiger partial charge in [0.1, 0.15) is 0 Å². The van der Waals surface area contributed by atoms with E-state index in [1.54, 1.807) is 23.3 Å². The van der Waals surface area contributed by atoms with Gasteiger partial charge in [-0.2, -0.15) is 0 Å². The van der Waals surface area contributed by atoms with Crippen LogP contribution in [0.2, 0.25) is 0 Å². The van der Waals surface area contributed by atoms with Crippen LogP contribution in [0, 0.1) is 6.92 Å². The molecule has 0 spiro atoms. The lowest BCUT2D eigenvalue weighted by Crippen LogP contribution is -2.33. The number of rotatable bonds is 6. The number of aromatic nitrogens is 4. The highest BCUT2D eigenvalue weighted by Gasteiger charge is 2.19. The predicted molar refractivity (Wildman–Crippen MR) is 102 cm³/mol. The largest absolute Gasteiger partial charge is 0.299 e. The first-order chi connectivity index (χ1) is 12.5. The van der Waals surface area contributed by atoms with Gasteiger partial charge < -0.3 is 0 Å². The zero-order valence-corrected chi connectivity index (χ0v) is 15.8. The molecule has 0 aliphatic carbocycles. The lowest BCUT2D eigenvalue weighted by molar-refractivity contribution is 0.245. The third-order valence-corrected chi connectivity index (χ3v) is 4.95. The van der Waals surface area contributed by atoms with E-state index >= 15 is 0 Å². The predicted octanol–water partition coefficient (Wildman–Crippen LogP) is 2.34. The number of benzene rings is 1.